The van der Waals surface area contributed by atoms with E-state index in [1.807, 2.05) is 86.3 Å². The Morgan fingerprint density at radius 2 is 1.45 bits per heavy atom. The van der Waals surface area contributed by atoms with E-state index in [2.05, 4.69) is 5.32 Å². The van der Waals surface area contributed by atoms with Crippen LogP contribution in [0.15, 0.2) is 78.9 Å². The van der Waals surface area contributed by atoms with Crippen LogP contribution in [0.4, 0.5) is 0 Å². The Hall–Kier alpha value is -3.48. The SMILES string of the molecule is CCCN(CCC)C(=O)c1cccc(C(N)=O)c1[C@H](Cc1ccccc1)[C@@H](O)CNC(C)c1ccccc1. The number of primary amides is 1. The fourth-order valence-electron chi connectivity index (χ4n) is 4.99. The zero-order valence-corrected chi connectivity index (χ0v) is 22.8. The number of carbonyl (C=O) groups excluding carboxylic acids is 2. The summed E-state index contributed by atoms with van der Waals surface area (Å²) in [7, 11) is 0. The van der Waals surface area contributed by atoms with Crippen molar-refractivity contribution in [3.8, 4) is 0 Å². The first-order chi connectivity index (χ1) is 18.4. The summed E-state index contributed by atoms with van der Waals surface area (Å²) in [4.78, 5) is 28.3. The first kappa shape index (κ1) is 29.1. The van der Waals surface area contributed by atoms with E-state index >= 15 is 0 Å². The second kappa shape index (κ2) is 14.5. The summed E-state index contributed by atoms with van der Waals surface area (Å²) < 4.78 is 0. The van der Waals surface area contributed by atoms with Gasteiger partial charge in [0, 0.05) is 42.7 Å². The van der Waals surface area contributed by atoms with E-state index in [0.717, 1.165) is 24.0 Å². The number of carbonyl (C=O) groups is 2. The van der Waals surface area contributed by atoms with Gasteiger partial charge in [0.1, 0.15) is 0 Å². The summed E-state index contributed by atoms with van der Waals surface area (Å²) in [5, 5.41) is 15.1. The fourth-order valence-corrected chi connectivity index (χ4v) is 4.99. The van der Waals surface area contributed by atoms with E-state index in [1.165, 1.54) is 0 Å². The van der Waals surface area contributed by atoms with Gasteiger partial charge in [0.15, 0.2) is 0 Å². The highest BCUT2D eigenvalue weighted by molar-refractivity contribution is 6.02. The molecule has 0 aliphatic carbocycles. The Morgan fingerprint density at radius 1 is 0.868 bits per heavy atom. The summed E-state index contributed by atoms with van der Waals surface area (Å²) >= 11 is 0. The summed E-state index contributed by atoms with van der Waals surface area (Å²) in [6, 6.07) is 25.0. The van der Waals surface area contributed by atoms with Gasteiger partial charge in [-0.3, -0.25) is 9.59 Å². The van der Waals surface area contributed by atoms with E-state index in [0.29, 0.717) is 30.6 Å². The van der Waals surface area contributed by atoms with Crippen LogP contribution in [-0.4, -0.2) is 47.6 Å². The highest BCUT2D eigenvalue weighted by Gasteiger charge is 2.31. The maximum atomic E-state index is 13.8. The van der Waals surface area contributed by atoms with Crippen LogP contribution in [0.3, 0.4) is 0 Å². The van der Waals surface area contributed by atoms with E-state index in [4.69, 9.17) is 5.73 Å². The molecule has 2 amide bonds. The van der Waals surface area contributed by atoms with Crippen molar-refractivity contribution in [2.24, 2.45) is 5.73 Å². The number of aliphatic hydroxyl groups is 1. The molecule has 4 N–H and O–H groups in total. The monoisotopic (exact) mass is 515 g/mol. The molecular weight excluding hydrogens is 474 g/mol. The Balaban J connectivity index is 2.04. The third-order valence-corrected chi connectivity index (χ3v) is 6.94. The lowest BCUT2D eigenvalue weighted by Crippen LogP contribution is -2.38. The average Bonchev–Trinajstić information content (AvgIpc) is 2.94. The molecule has 3 aromatic carbocycles. The topological polar surface area (TPSA) is 95.7 Å². The van der Waals surface area contributed by atoms with E-state index < -0.39 is 17.9 Å². The van der Waals surface area contributed by atoms with Gasteiger partial charge in [-0.15, -0.1) is 0 Å². The highest BCUT2D eigenvalue weighted by atomic mass is 16.3. The quantitative estimate of drug-likeness (QED) is 0.279. The molecule has 1 unspecified atom stereocenters. The first-order valence-electron chi connectivity index (χ1n) is 13.6. The van der Waals surface area contributed by atoms with Crippen molar-refractivity contribution in [2.75, 3.05) is 19.6 Å². The van der Waals surface area contributed by atoms with Crippen LogP contribution in [-0.2, 0) is 6.42 Å². The summed E-state index contributed by atoms with van der Waals surface area (Å²) in [6.45, 7) is 7.65. The zero-order chi connectivity index (χ0) is 27.5. The molecule has 0 saturated carbocycles. The third kappa shape index (κ3) is 7.53. The number of rotatable bonds is 14. The maximum absolute atomic E-state index is 13.8. The van der Waals surface area contributed by atoms with Gasteiger partial charge in [-0.2, -0.15) is 0 Å². The molecule has 3 aromatic rings. The lowest BCUT2D eigenvalue weighted by molar-refractivity contribution is 0.0751. The van der Waals surface area contributed by atoms with Crippen LogP contribution >= 0.6 is 0 Å². The van der Waals surface area contributed by atoms with Crippen LogP contribution in [0.5, 0.6) is 0 Å². The fraction of sp³-hybridized carbons (Fsp3) is 0.375. The van der Waals surface area contributed by atoms with Gasteiger partial charge in [-0.1, -0.05) is 80.6 Å². The molecule has 0 spiro atoms. The van der Waals surface area contributed by atoms with Gasteiger partial charge < -0.3 is 21.1 Å². The van der Waals surface area contributed by atoms with Crippen LogP contribution in [0.2, 0.25) is 0 Å². The molecule has 6 nitrogen and oxygen atoms in total. The van der Waals surface area contributed by atoms with Crippen LogP contribution in [0.1, 0.15) is 83.0 Å². The van der Waals surface area contributed by atoms with Gasteiger partial charge in [0.2, 0.25) is 5.91 Å². The molecule has 0 heterocycles. The number of benzene rings is 3. The predicted octanol–water partition coefficient (Wildman–Crippen LogP) is 5.09. The zero-order valence-electron chi connectivity index (χ0n) is 22.8. The van der Waals surface area contributed by atoms with Crippen molar-refractivity contribution < 1.29 is 14.7 Å². The van der Waals surface area contributed by atoms with Gasteiger partial charge >= 0.3 is 0 Å². The third-order valence-electron chi connectivity index (χ3n) is 6.94. The van der Waals surface area contributed by atoms with Crippen molar-refractivity contribution >= 4 is 11.8 Å². The van der Waals surface area contributed by atoms with E-state index in [1.54, 1.807) is 18.2 Å². The largest absolute Gasteiger partial charge is 0.391 e. The summed E-state index contributed by atoms with van der Waals surface area (Å²) in [6.07, 6.45) is 1.23. The first-order valence-corrected chi connectivity index (χ1v) is 13.6. The molecule has 38 heavy (non-hydrogen) atoms. The number of nitrogens with two attached hydrogens (primary N) is 1. The Labute approximate surface area is 226 Å². The number of hydrogen-bond acceptors (Lipinski definition) is 4. The van der Waals surface area contributed by atoms with Crippen molar-refractivity contribution in [2.45, 2.75) is 58.1 Å². The van der Waals surface area contributed by atoms with Crippen molar-refractivity contribution in [1.29, 1.82) is 0 Å². The van der Waals surface area contributed by atoms with Gasteiger partial charge in [0.25, 0.3) is 5.91 Å². The minimum absolute atomic E-state index is 0.0142. The van der Waals surface area contributed by atoms with E-state index in [9.17, 15) is 14.7 Å². The van der Waals surface area contributed by atoms with Crippen molar-refractivity contribution in [3.05, 3.63) is 107 Å². The van der Waals surface area contributed by atoms with Crippen LogP contribution in [0.25, 0.3) is 0 Å². The van der Waals surface area contributed by atoms with E-state index in [-0.39, 0.29) is 24.1 Å². The Morgan fingerprint density at radius 3 is 2.03 bits per heavy atom. The Kier molecular flexibility index (Phi) is 11.1. The molecule has 0 bridgehead atoms. The molecule has 0 saturated heterocycles. The molecule has 0 fully saturated rings. The number of hydrogen-bond donors (Lipinski definition) is 3. The molecule has 3 rings (SSSR count). The number of aliphatic hydroxyl groups excluding tert-OH is 1. The summed E-state index contributed by atoms with van der Waals surface area (Å²) in [5.74, 6) is -1.27. The molecule has 0 radical (unpaired) electrons. The maximum Gasteiger partial charge on any atom is 0.254 e. The molecule has 0 aliphatic heterocycles. The van der Waals surface area contributed by atoms with Gasteiger partial charge in [-0.05, 0) is 55.0 Å². The van der Waals surface area contributed by atoms with Gasteiger partial charge in [0.05, 0.1) is 6.10 Å². The second-order valence-corrected chi connectivity index (χ2v) is 9.83. The predicted molar refractivity (Wildman–Crippen MR) is 153 cm³/mol. The smallest absolute Gasteiger partial charge is 0.254 e. The normalized spacial score (nSPS) is 13.5. The van der Waals surface area contributed by atoms with Crippen molar-refractivity contribution in [1.82, 2.24) is 10.2 Å². The minimum Gasteiger partial charge on any atom is -0.391 e. The molecule has 0 aliphatic rings. The number of amides is 2. The number of nitrogens with one attached hydrogen (secondary N) is 1. The second-order valence-electron chi connectivity index (χ2n) is 9.83. The van der Waals surface area contributed by atoms with Crippen LogP contribution in [0, 0.1) is 0 Å². The minimum atomic E-state index is -0.876. The van der Waals surface area contributed by atoms with Crippen molar-refractivity contribution in [3.63, 3.8) is 0 Å². The highest BCUT2D eigenvalue weighted by Crippen LogP contribution is 2.32. The summed E-state index contributed by atoms with van der Waals surface area (Å²) in [5.41, 5.74) is 9.19. The molecular formula is C32H41N3O3. The van der Waals surface area contributed by atoms with Crippen LogP contribution < -0.4 is 11.1 Å². The molecule has 0 aromatic heterocycles. The average molecular weight is 516 g/mol. The number of nitrogens with zero attached hydrogens (tertiary/aromatic N) is 1. The molecule has 6 heteroatoms. The lowest BCUT2D eigenvalue weighted by Gasteiger charge is -2.30. The lowest BCUT2D eigenvalue weighted by atomic mass is 9.81. The molecule has 3 atom stereocenters. The van der Waals surface area contributed by atoms with Gasteiger partial charge in [-0.25, -0.2) is 0 Å². The molecule has 202 valence electrons. The Bertz CT molecular complexity index is 1160. The standard InChI is InChI=1S/C32H41N3O3/c1-4-19-35(20-5-2)32(38)27-18-12-17-26(31(33)37)30(27)28(21-24-13-8-6-9-14-24)29(36)22-34-23(3)25-15-10-7-11-16-25/h6-18,23,28-29,34,36H,4-5,19-22H2,1-3H3,(H2,33,37)/t23?,28-,29+/m1/s1.